The van der Waals surface area contributed by atoms with Crippen molar-refractivity contribution in [2.75, 3.05) is 6.61 Å². The van der Waals surface area contributed by atoms with E-state index >= 15 is 0 Å². The van der Waals surface area contributed by atoms with Crippen molar-refractivity contribution in [3.05, 3.63) is 23.8 Å². The Hall–Kier alpha value is -1.22. The summed E-state index contributed by atoms with van der Waals surface area (Å²) >= 11 is 0. The molecule has 0 aromatic heterocycles. The van der Waals surface area contributed by atoms with Crippen molar-refractivity contribution < 1.29 is 9.84 Å². The number of benzene rings is 1. The van der Waals surface area contributed by atoms with E-state index in [-0.39, 0.29) is 5.75 Å². The van der Waals surface area contributed by atoms with Crippen LogP contribution < -0.4 is 10.5 Å². The van der Waals surface area contributed by atoms with Crippen LogP contribution in [0.25, 0.3) is 0 Å². The monoisotopic (exact) mass is 193 g/mol. The summed E-state index contributed by atoms with van der Waals surface area (Å²) in [7, 11) is 0. The fourth-order valence-corrected chi connectivity index (χ4v) is 1.38. The molecule has 0 heterocycles. The molecule has 1 aliphatic rings. The maximum atomic E-state index is 9.58. The second kappa shape index (κ2) is 3.88. The molecule has 1 aromatic carbocycles. The zero-order valence-electron chi connectivity index (χ0n) is 8.07. The highest BCUT2D eigenvalue weighted by atomic mass is 16.5. The van der Waals surface area contributed by atoms with Crippen LogP contribution >= 0.6 is 0 Å². The molecule has 3 N–H and O–H groups in total. The molecule has 14 heavy (non-hydrogen) atoms. The second-order valence-corrected chi connectivity index (χ2v) is 3.72. The van der Waals surface area contributed by atoms with Gasteiger partial charge in [0.1, 0.15) is 0 Å². The fraction of sp³-hybridized carbons (Fsp3) is 0.455. The van der Waals surface area contributed by atoms with E-state index in [1.54, 1.807) is 12.1 Å². The van der Waals surface area contributed by atoms with Gasteiger partial charge in [-0.05, 0) is 24.8 Å². The van der Waals surface area contributed by atoms with Gasteiger partial charge in [0.05, 0.1) is 6.61 Å². The topological polar surface area (TPSA) is 55.5 Å². The van der Waals surface area contributed by atoms with Crippen LogP contribution in [0, 0.1) is 5.92 Å². The Kier molecular flexibility index (Phi) is 2.59. The Morgan fingerprint density at radius 2 is 2.21 bits per heavy atom. The van der Waals surface area contributed by atoms with Crippen molar-refractivity contribution in [1.29, 1.82) is 0 Å². The predicted molar refractivity (Wildman–Crippen MR) is 54.2 cm³/mol. The standard InChI is InChI=1S/C11H15NO2/c12-6-9-2-1-3-10(13)11(9)14-7-8-4-5-8/h1-3,8,13H,4-7,12H2. The van der Waals surface area contributed by atoms with E-state index in [1.807, 2.05) is 6.07 Å². The summed E-state index contributed by atoms with van der Waals surface area (Å²) in [4.78, 5) is 0. The summed E-state index contributed by atoms with van der Waals surface area (Å²) in [5, 5.41) is 9.58. The molecule has 0 spiro atoms. The number of para-hydroxylation sites is 1. The van der Waals surface area contributed by atoms with Crippen molar-refractivity contribution in [3.8, 4) is 11.5 Å². The molecule has 1 fully saturated rings. The van der Waals surface area contributed by atoms with Crippen molar-refractivity contribution in [1.82, 2.24) is 0 Å². The molecule has 0 radical (unpaired) electrons. The smallest absolute Gasteiger partial charge is 0.165 e. The third kappa shape index (κ3) is 1.99. The highest BCUT2D eigenvalue weighted by Crippen LogP contribution is 2.34. The van der Waals surface area contributed by atoms with E-state index in [0.717, 1.165) is 5.56 Å². The van der Waals surface area contributed by atoms with Crippen molar-refractivity contribution in [2.24, 2.45) is 11.7 Å². The third-order valence-corrected chi connectivity index (χ3v) is 2.46. The zero-order valence-corrected chi connectivity index (χ0v) is 8.07. The van der Waals surface area contributed by atoms with Crippen LogP contribution in [0.3, 0.4) is 0 Å². The average Bonchev–Trinajstić information content (AvgIpc) is 2.99. The van der Waals surface area contributed by atoms with E-state index in [2.05, 4.69) is 0 Å². The van der Waals surface area contributed by atoms with Gasteiger partial charge in [-0.15, -0.1) is 0 Å². The Bertz CT molecular complexity index is 321. The zero-order chi connectivity index (χ0) is 9.97. The SMILES string of the molecule is NCc1cccc(O)c1OCC1CC1. The van der Waals surface area contributed by atoms with E-state index in [0.29, 0.717) is 24.8 Å². The van der Waals surface area contributed by atoms with Gasteiger partial charge in [0.15, 0.2) is 11.5 Å². The van der Waals surface area contributed by atoms with Gasteiger partial charge in [-0.2, -0.15) is 0 Å². The highest BCUT2D eigenvalue weighted by molar-refractivity contribution is 5.45. The van der Waals surface area contributed by atoms with Crippen molar-refractivity contribution in [2.45, 2.75) is 19.4 Å². The van der Waals surface area contributed by atoms with Crippen LogP contribution in [0.5, 0.6) is 11.5 Å². The quantitative estimate of drug-likeness (QED) is 0.764. The molecule has 3 nitrogen and oxygen atoms in total. The van der Waals surface area contributed by atoms with Crippen molar-refractivity contribution in [3.63, 3.8) is 0 Å². The number of aromatic hydroxyl groups is 1. The van der Waals surface area contributed by atoms with Crippen LogP contribution in [-0.2, 0) is 6.54 Å². The number of phenols is 1. The van der Waals surface area contributed by atoms with Gasteiger partial charge in [0.2, 0.25) is 0 Å². The largest absolute Gasteiger partial charge is 0.504 e. The van der Waals surface area contributed by atoms with Crippen LogP contribution in [0.15, 0.2) is 18.2 Å². The number of rotatable bonds is 4. The molecule has 0 amide bonds. The molecule has 76 valence electrons. The Balaban J connectivity index is 2.11. The van der Waals surface area contributed by atoms with Gasteiger partial charge < -0.3 is 15.6 Å². The minimum absolute atomic E-state index is 0.189. The molecule has 3 heteroatoms. The first-order valence-corrected chi connectivity index (χ1v) is 4.95. The fourth-order valence-electron chi connectivity index (χ4n) is 1.38. The van der Waals surface area contributed by atoms with E-state index in [4.69, 9.17) is 10.5 Å². The van der Waals surface area contributed by atoms with Crippen LogP contribution in [0.1, 0.15) is 18.4 Å². The van der Waals surface area contributed by atoms with Gasteiger partial charge >= 0.3 is 0 Å². The van der Waals surface area contributed by atoms with Gasteiger partial charge in [-0.25, -0.2) is 0 Å². The van der Waals surface area contributed by atoms with E-state index in [1.165, 1.54) is 12.8 Å². The van der Waals surface area contributed by atoms with Gasteiger partial charge in [0, 0.05) is 12.1 Å². The molecule has 0 aliphatic heterocycles. The lowest BCUT2D eigenvalue weighted by atomic mass is 10.2. The number of ether oxygens (including phenoxy) is 1. The lowest BCUT2D eigenvalue weighted by Gasteiger charge is -2.11. The normalized spacial score (nSPS) is 15.5. The molecule has 1 aromatic rings. The van der Waals surface area contributed by atoms with Crippen LogP contribution in [0.4, 0.5) is 0 Å². The predicted octanol–water partition coefficient (Wildman–Crippen LogP) is 1.64. The first-order chi connectivity index (χ1) is 6.81. The van der Waals surface area contributed by atoms with Gasteiger partial charge in [0.25, 0.3) is 0 Å². The number of hydrogen-bond donors (Lipinski definition) is 2. The molecular weight excluding hydrogens is 178 g/mol. The highest BCUT2D eigenvalue weighted by Gasteiger charge is 2.22. The minimum atomic E-state index is 0.189. The molecule has 1 aliphatic carbocycles. The number of phenolic OH excluding ortho intramolecular Hbond substituents is 1. The molecule has 0 unspecified atom stereocenters. The Labute approximate surface area is 83.5 Å². The summed E-state index contributed by atoms with van der Waals surface area (Å²) < 4.78 is 5.55. The first kappa shape index (κ1) is 9.34. The molecule has 1 saturated carbocycles. The summed E-state index contributed by atoms with van der Waals surface area (Å²) in [5.74, 6) is 1.43. The molecular formula is C11H15NO2. The summed E-state index contributed by atoms with van der Waals surface area (Å²) in [6, 6.07) is 5.28. The van der Waals surface area contributed by atoms with Gasteiger partial charge in [-0.1, -0.05) is 12.1 Å². The van der Waals surface area contributed by atoms with E-state index in [9.17, 15) is 5.11 Å². The Morgan fingerprint density at radius 1 is 1.43 bits per heavy atom. The number of hydrogen-bond acceptors (Lipinski definition) is 3. The van der Waals surface area contributed by atoms with Crippen LogP contribution in [0.2, 0.25) is 0 Å². The minimum Gasteiger partial charge on any atom is -0.504 e. The molecule has 0 bridgehead atoms. The van der Waals surface area contributed by atoms with Crippen LogP contribution in [-0.4, -0.2) is 11.7 Å². The maximum Gasteiger partial charge on any atom is 0.165 e. The maximum absolute atomic E-state index is 9.58. The average molecular weight is 193 g/mol. The third-order valence-electron chi connectivity index (χ3n) is 2.46. The van der Waals surface area contributed by atoms with Crippen molar-refractivity contribution >= 4 is 0 Å². The summed E-state index contributed by atoms with van der Waals surface area (Å²) in [5.41, 5.74) is 6.42. The van der Waals surface area contributed by atoms with Gasteiger partial charge in [-0.3, -0.25) is 0 Å². The lowest BCUT2D eigenvalue weighted by Crippen LogP contribution is -2.04. The lowest BCUT2D eigenvalue weighted by molar-refractivity contribution is 0.281. The molecule has 2 rings (SSSR count). The molecule has 0 atom stereocenters. The first-order valence-electron chi connectivity index (χ1n) is 4.95. The van der Waals surface area contributed by atoms with E-state index < -0.39 is 0 Å². The Morgan fingerprint density at radius 3 is 2.86 bits per heavy atom. The number of nitrogens with two attached hydrogens (primary N) is 1. The summed E-state index contributed by atoms with van der Waals surface area (Å²) in [6.07, 6.45) is 2.48. The second-order valence-electron chi connectivity index (χ2n) is 3.72. The molecule has 0 saturated heterocycles. The summed E-state index contributed by atoms with van der Waals surface area (Å²) in [6.45, 7) is 1.10.